The van der Waals surface area contributed by atoms with Gasteiger partial charge < -0.3 is 15.3 Å². The van der Waals surface area contributed by atoms with Gasteiger partial charge in [-0.25, -0.2) is 0 Å². The van der Waals surface area contributed by atoms with Crippen LogP contribution < -0.4 is 0 Å². The summed E-state index contributed by atoms with van der Waals surface area (Å²) in [5.41, 5.74) is 0.782. The standard InChI is InChI=1S/C20H24O3/c1-3-20(23)9-7-17-15-11-18(22)16-10-12(21)4-5-13(16)14(15)6-8-19(17,20)2/h1,4-5,10,14-15,17-18,21-23H,6-9,11H2,2H3/t14-,15-,17+,18-,19-,20-/m0/s1. The molecule has 1 aromatic rings. The molecule has 0 amide bonds. The zero-order valence-electron chi connectivity index (χ0n) is 13.5. The molecule has 3 aliphatic rings. The van der Waals surface area contributed by atoms with Gasteiger partial charge in [-0.1, -0.05) is 18.9 Å². The minimum Gasteiger partial charge on any atom is -0.508 e. The molecule has 2 saturated carbocycles. The van der Waals surface area contributed by atoms with E-state index in [1.165, 1.54) is 5.56 Å². The Hall–Kier alpha value is -1.50. The van der Waals surface area contributed by atoms with Gasteiger partial charge in [-0.15, -0.1) is 6.42 Å². The molecule has 3 aliphatic carbocycles. The van der Waals surface area contributed by atoms with E-state index in [-0.39, 0.29) is 11.2 Å². The molecule has 0 aromatic heterocycles. The maximum Gasteiger partial charge on any atom is 0.130 e. The molecule has 1 aromatic carbocycles. The Morgan fingerprint density at radius 3 is 2.74 bits per heavy atom. The van der Waals surface area contributed by atoms with Crippen LogP contribution in [0.25, 0.3) is 0 Å². The van der Waals surface area contributed by atoms with Crippen LogP contribution in [0.2, 0.25) is 0 Å². The molecule has 6 atom stereocenters. The Balaban J connectivity index is 1.76. The molecule has 3 N–H and O–H groups in total. The van der Waals surface area contributed by atoms with Gasteiger partial charge in [0.15, 0.2) is 0 Å². The number of phenols is 1. The Morgan fingerprint density at radius 1 is 1.22 bits per heavy atom. The average Bonchev–Trinajstić information content (AvgIpc) is 2.80. The molecule has 122 valence electrons. The van der Waals surface area contributed by atoms with Gasteiger partial charge in [0.05, 0.1) is 6.10 Å². The van der Waals surface area contributed by atoms with E-state index in [1.807, 2.05) is 6.07 Å². The summed E-state index contributed by atoms with van der Waals surface area (Å²) in [5, 5.41) is 31.2. The number of aliphatic hydroxyl groups is 2. The van der Waals surface area contributed by atoms with Crippen LogP contribution in [0.5, 0.6) is 5.75 Å². The number of benzene rings is 1. The van der Waals surface area contributed by atoms with Crippen LogP contribution >= 0.6 is 0 Å². The summed E-state index contributed by atoms with van der Waals surface area (Å²) in [6.45, 7) is 2.14. The van der Waals surface area contributed by atoms with Crippen molar-refractivity contribution in [3.05, 3.63) is 29.3 Å². The molecule has 0 saturated heterocycles. The van der Waals surface area contributed by atoms with E-state index >= 15 is 0 Å². The van der Waals surface area contributed by atoms with E-state index in [1.54, 1.807) is 12.1 Å². The molecule has 0 heterocycles. The predicted molar refractivity (Wildman–Crippen MR) is 87.8 cm³/mol. The average molecular weight is 312 g/mol. The Kier molecular flexibility index (Phi) is 3.11. The third kappa shape index (κ3) is 1.86. The van der Waals surface area contributed by atoms with E-state index in [2.05, 4.69) is 12.8 Å². The Morgan fingerprint density at radius 2 is 2.00 bits per heavy atom. The van der Waals surface area contributed by atoms with Crippen molar-refractivity contribution in [3.63, 3.8) is 0 Å². The van der Waals surface area contributed by atoms with Crippen LogP contribution in [0.15, 0.2) is 18.2 Å². The molecule has 0 aliphatic heterocycles. The molecule has 0 unspecified atom stereocenters. The first-order valence-electron chi connectivity index (χ1n) is 8.60. The van der Waals surface area contributed by atoms with Crippen molar-refractivity contribution in [1.82, 2.24) is 0 Å². The second-order valence-electron chi connectivity index (χ2n) is 7.94. The van der Waals surface area contributed by atoms with E-state index < -0.39 is 11.7 Å². The molecule has 0 bridgehead atoms. The first-order chi connectivity index (χ1) is 10.9. The lowest BCUT2D eigenvalue weighted by atomic mass is 9.53. The molecule has 3 nitrogen and oxygen atoms in total. The predicted octanol–water partition coefficient (Wildman–Crippen LogP) is 3.10. The third-order valence-electron chi connectivity index (χ3n) is 7.15. The van der Waals surface area contributed by atoms with E-state index in [0.29, 0.717) is 30.6 Å². The molecule has 2 fully saturated rings. The molecular weight excluding hydrogens is 288 g/mol. The minimum atomic E-state index is -1.01. The quantitative estimate of drug-likeness (QED) is 0.645. The first kappa shape index (κ1) is 15.1. The summed E-state index contributed by atoms with van der Waals surface area (Å²) in [4.78, 5) is 0. The number of fused-ring (bicyclic) bond motifs is 5. The highest BCUT2D eigenvalue weighted by atomic mass is 16.3. The maximum atomic E-state index is 10.9. The second-order valence-corrected chi connectivity index (χ2v) is 7.94. The number of rotatable bonds is 0. The van der Waals surface area contributed by atoms with Crippen molar-refractivity contribution < 1.29 is 15.3 Å². The number of terminal acetylenes is 1. The summed E-state index contributed by atoms with van der Waals surface area (Å²) >= 11 is 0. The van der Waals surface area contributed by atoms with Gasteiger partial charge in [0.1, 0.15) is 11.4 Å². The van der Waals surface area contributed by atoms with Gasteiger partial charge >= 0.3 is 0 Å². The van der Waals surface area contributed by atoms with Crippen LogP contribution in [-0.2, 0) is 0 Å². The molecule has 0 spiro atoms. The van der Waals surface area contributed by atoms with Crippen molar-refractivity contribution in [2.45, 2.75) is 56.7 Å². The summed E-state index contributed by atoms with van der Waals surface area (Å²) < 4.78 is 0. The van der Waals surface area contributed by atoms with Gasteiger partial charge in [0, 0.05) is 5.41 Å². The Labute approximate surface area is 137 Å². The van der Waals surface area contributed by atoms with Crippen LogP contribution in [0.3, 0.4) is 0 Å². The zero-order chi connectivity index (χ0) is 16.4. The van der Waals surface area contributed by atoms with Gasteiger partial charge in [0.2, 0.25) is 0 Å². The summed E-state index contributed by atoms with van der Waals surface area (Å²) in [6, 6.07) is 5.39. The number of aromatic hydroxyl groups is 1. The molecule has 4 rings (SSSR count). The lowest BCUT2D eigenvalue weighted by molar-refractivity contribution is -0.0729. The lowest BCUT2D eigenvalue weighted by Gasteiger charge is -2.52. The van der Waals surface area contributed by atoms with Crippen molar-refractivity contribution in [1.29, 1.82) is 0 Å². The van der Waals surface area contributed by atoms with Crippen LogP contribution in [-0.4, -0.2) is 20.9 Å². The van der Waals surface area contributed by atoms with Crippen molar-refractivity contribution >= 4 is 0 Å². The maximum absolute atomic E-state index is 10.9. The molecule has 23 heavy (non-hydrogen) atoms. The van der Waals surface area contributed by atoms with E-state index in [0.717, 1.165) is 24.8 Å². The van der Waals surface area contributed by atoms with Crippen LogP contribution in [0.1, 0.15) is 62.2 Å². The number of hydrogen-bond donors (Lipinski definition) is 3. The van der Waals surface area contributed by atoms with Gasteiger partial charge in [0.25, 0.3) is 0 Å². The van der Waals surface area contributed by atoms with Gasteiger partial charge in [-0.3, -0.25) is 0 Å². The minimum absolute atomic E-state index is 0.212. The SMILES string of the molecule is C#C[C@]1(O)CC[C@@H]2[C@H]3C[C@H](O)c4cc(O)ccc4[C@@H]3CC[C@@]21C. The molecule has 3 heteroatoms. The highest BCUT2D eigenvalue weighted by molar-refractivity contribution is 5.42. The smallest absolute Gasteiger partial charge is 0.130 e. The fourth-order valence-electron chi connectivity index (χ4n) is 5.83. The largest absolute Gasteiger partial charge is 0.508 e. The number of phenolic OH excluding ortho intramolecular Hbond substituents is 1. The molecule has 0 radical (unpaired) electrons. The summed E-state index contributed by atoms with van der Waals surface area (Å²) in [5.74, 6) is 3.98. The van der Waals surface area contributed by atoms with Crippen molar-refractivity contribution in [2.75, 3.05) is 0 Å². The fourth-order valence-corrected chi connectivity index (χ4v) is 5.83. The monoisotopic (exact) mass is 312 g/mol. The highest BCUT2D eigenvalue weighted by Crippen LogP contribution is 2.65. The second kappa shape index (κ2) is 4.75. The third-order valence-corrected chi connectivity index (χ3v) is 7.15. The van der Waals surface area contributed by atoms with E-state index in [9.17, 15) is 15.3 Å². The zero-order valence-corrected chi connectivity index (χ0v) is 13.5. The van der Waals surface area contributed by atoms with Crippen molar-refractivity contribution in [2.24, 2.45) is 17.3 Å². The van der Waals surface area contributed by atoms with E-state index in [4.69, 9.17) is 6.42 Å². The summed E-state index contributed by atoms with van der Waals surface area (Å²) in [7, 11) is 0. The highest BCUT2D eigenvalue weighted by Gasteiger charge is 2.61. The van der Waals surface area contributed by atoms with Gasteiger partial charge in [-0.2, -0.15) is 0 Å². The van der Waals surface area contributed by atoms with Crippen LogP contribution in [0.4, 0.5) is 0 Å². The topological polar surface area (TPSA) is 60.7 Å². The number of hydrogen-bond acceptors (Lipinski definition) is 3. The number of aliphatic hydroxyl groups excluding tert-OH is 1. The lowest BCUT2D eigenvalue weighted by Crippen LogP contribution is -2.50. The Bertz CT molecular complexity index is 691. The first-order valence-corrected chi connectivity index (χ1v) is 8.60. The fraction of sp³-hybridized carbons (Fsp3) is 0.600. The van der Waals surface area contributed by atoms with Crippen molar-refractivity contribution in [3.8, 4) is 18.1 Å². The summed E-state index contributed by atoms with van der Waals surface area (Å²) in [6.07, 6.45) is 9.31. The van der Waals surface area contributed by atoms with Crippen LogP contribution in [0, 0.1) is 29.6 Å². The molecular formula is C20H24O3. The van der Waals surface area contributed by atoms with Gasteiger partial charge in [-0.05, 0) is 73.1 Å². The normalized spacial score (nSPS) is 44.8.